The molecule has 1 aromatic heterocycles. The Morgan fingerprint density at radius 2 is 1.70 bits per heavy atom. The highest BCUT2D eigenvalue weighted by Gasteiger charge is 2.35. The lowest BCUT2D eigenvalue weighted by atomic mass is 10.0. The number of nitrogens with two attached hydrogens (primary N) is 1. The van der Waals surface area contributed by atoms with Crippen LogP contribution in [0.4, 0.5) is 24.7 Å². The Kier molecular flexibility index (Phi) is 6.03. The molecule has 3 N–H and O–H groups in total. The molecule has 0 bridgehead atoms. The number of nitrogens with one attached hydrogen (secondary N) is 1. The van der Waals surface area contributed by atoms with E-state index in [1.165, 1.54) is 24.0 Å². The number of halogens is 3. The largest absolute Gasteiger partial charge is 0.416 e. The number of aryl methyl sites for hydroxylation is 2. The number of nitrogen functional groups attached to an aromatic ring is 1. The van der Waals surface area contributed by atoms with Gasteiger partial charge in [-0.1, -0.05) is 0 Å². The first kappa shape index (κ1) is 24.4. The van der Waals surface area contributed by atoms with Gasteiger partial charge in [-0.3, -0.25) is 9.80 Å². The number of nitrogens with zero attached hydrogens (tertiary/aromatic N) is 4. The molecule has 37 heavy (non-hydrogen) atoms. The molecule has 0 spiro atoms. The summed E-state index contributed by atoms with van der Waals surface area (Å²) in [7, 11) is 0. The van der Waals surface area contributed by atoms with Crippen molar-refractivity contribution in [1.29, 1.82) is 0 Å². The van der Waals surface area contributed by atoms with E-state index >= 15 is 0 Å². The third-order valence-electron chi connectivity index (χ3n) is 8.13. The number of fused-ring (bicyclic) bond motifs is 2. The van der Waals surface area contributed by atoms with Gasteiger partial charge in [-0.25, -0.2) is 9.97 Å². The van der Waals surface area contributed by atoms with Crippen LogP contribution < -0.4 is 11.1 Å². The average molecular weight is 511 g/mol. The molecule has 2 unspecified atom stereocenters. The number of aromatic nitrogens is 2. The summed E-state index contributed by atoms with van der Waals surface area (Å²) in [5.41, 5.74) is 9.15. The molecule has 2 heterocycles. The van der Waals surface area contributed by atoms with Crippen molar-refractivity contribution in [1.82, 2.24) is 19.8 Å². The molecule has 3 aromatic rings. The van der Waals surface area contributed by atoms with Gasteiger partial charge in [0.15, 0.2) is 0 Å². The van der Waals surface area contributed by atoms with Crippen LogP contribution in [0.1, 0.15) is 66.3 Å². The highest BCUT2D eigenvalue weighted by atomic mass is 19.4. The molecule has 1 aliphatic heterocycles. The monoisotopic (exact) mass is 510 g/mol. The number of piperazine rings is 1. The predicted molar refractivity (Wildman–Crippen MR) is 139 cm³/mol. The standard InChI is InChI=1S/C28H33F3N6/c1-16(19-11-20(28(29,30)31)14-21(32)12-19)33-27-24-15-23-18(13-25(24)34-17(2)35-27)3-6-26(23)37-9-7-36(8-10-37)22-4-5-22/h11-16,22,26H,3-10,32H2,1-2H3,(H,33,34,35). The van der Waals surface area contributed by atoms with E-state index in [1.54, 1.807) is 6.07 Å². The van der Waals surface area contributed by atoms with Crippen LogP contribution >= 0.6 is 0 Å². The number of hydrogen-bond donors (Lipinski definition) is 2. The summed E-state index contributed by atoms with van der Waals surface area (Å²) < 4.78 is 40.1. The maximum Gasteiger partial charge on any atom is 0.416 e. The van der Waals surface area contributed by atoms with Gasteiger partial charge in [0.25, 0.3) is 0 Å². The van der Waals surface area contributed by atoms with Gasteiger partial charge in [-0.2, -0.15) is 13.2 Å². The zero-order valence-electron chi connectivity index (χ0n) is 21.3. The highest BCUT2D eigenvalue weighted by Crippen LogP contribution is 2.41. The minimum Gasteiger partial charge on any atom is -0.399 e. The Morgan fingerprint density at radius 1 is 0.973 bits per heavy atom. The van der Waals surface area contributed by atoms with Crippen LogP contribution in [0, 0.1) is 6.92 Å². The summed E-state index contributed by atoms with van der Waals surface area (Å²) in [5.74, 6) is 1.26. The molecule has 3 aliphatic rings. The summed E-state index contributed by atoms with van der Waals surface area (Å²) >= 11 is 0. The van der Waals surface area contributed by atoms with Crippen LogP contribution in [-0.2, 0) is 12.6 Å². The summed E-state index contributed by atoms with van der Waals surface area (Å²) in [4.78, 5) is 14.6. The second kappa shape index (κ2) is 9.13. The van der Waals surface area contributed by atoms with Gasteiger partial charge in [0.1, 0.15) is 11.6 Å². The molecule has 9 heteroatoms. The van der Waals surface area contributed by atoms with Crippen LogP contribution in [-0.4, -0.2) is 52.0 Å². The van der Waals surface area contributed by atoms with E-state index < -0.39 is 17.8 Å². The van der Waals surface area contributed by atoms with Crippen molar-refractivity contribution < 1.29 is 13.2 Å². The smallest absolute Gasteiger partial charge is 0.399 e. The summed E-state index contributed by atoms with van der Waals surface area (Å²) in [6, 6.07) is 8.86. The van der Waals surface area contributed by atoms with E-state index in [4.69, 9.17) is 5.73 Å². The van der Waals surface area contributed by atoms with E-state index in [9.17, 15) is 13.2 Å². The molecule has 1 saturated heterocycles. The number of anilines is 2. The van der Waals surface area contributed by atoms with E-state index in [0.29, 0.717) is 23.2 Å². The van der Waals surface area contributed by atoms with E-state index in [2.05, 4.69) is 37.2 Å². The minimum absolute atomic E-state index is 0.0876. The lowest BCUT2D eigenvalue weighted by molar-refractivity contribution is -0.137. The summed E-state index contributed by atoms with van der Waals surface area (Å²) in [6.45, 7) is 8.11. The molecular weight excluding hydrogens is 477 g/mol. The van der Waals surface area contributed by atoms with Crippen molar-refractivity contribution in [3.05, 3.63) is 58.4 Å². The van der Waals surface area contributed by atoms with Crippen LogP contribution in [0.15, 0.2) is 30.3 Å². The number of hydrogen-bond acceptors (Lipinski definition) is 6. The van der Waals surface area contributed by atoms with Gasteiger partial charge < -0.3 is 11.1 Å². The van der Waals surface area contributed by atoms with Crippen molar-refractivity contribution >= 4 is 22.4 Å². The number of benzene rings is 2. The number of rotatable bonds is 5. The molecule has 0 radical (unpaired) electrons. The van der Waals surface area contributed by atoms with Crippen LogP contribution in [0.3, 0.4) is 0 Å². The Bertz CT molecular complexity index is 1330. The lowest BCUT2D eigenvalue weighted by Gasteiger charge is -2.38. The quantitative estimate of drug-likeness (QED) is 0.443. The molecule has 2 aromatic carbocycles. The third kappa shape index (κ3) is 4.86. The Morgan fingerprint density at radius 3 is 2.41 bits per heavy atom. The Balaban J connectivity index is 1.30. The molecule has 1 saturated carbocycles. The van der Waals surface area contributed by atoms with Gasteiger partial charge in [-0.05, 0) is 86.6 Å². The minimum atomic E-state index is -4.46. The van der Waals surface area contributed by atoms with Gasteiger partial charge >= 0.3 is 6.18 Å². The topological polar surface area (TPSA) is 70.3 Å². The zero-order chi connectivity index (χ0) is 25.9. The van der Waals surface area contributed by atoms with Crippen LogP contribution in [0.25, 0.3) is 10.9 Å². The SMILES string of the molecule is Cc1nc(NC(C)c2cc(N)cc(C(F)(F)F)c2)c2cc3c(cc2n1)CCC3N1CCN(C2CC2)CC1. The molecule has 2 fully saturated rings. The first-order valence-corrected chi connectivity index (χ1v) is 13.2. The summed E-state index contributed by atoms with van der Waals surface area (Å²) in [5, 5.41) is 4.27. The van der Waals surface area contributed by atoms with Gasteiger partial charge in [-0.15, -0.1) is 0 Å². The lowest BCUT2D eigenvalue weighted by Crippen LogP contribution is -2.47. The average Bonchev–Trinajstić information content (AvgIpc) is 3.62. The fraction of sp³-hybridized carbons (Fsp3) is 0.500. The molecule has 2 atom stereocenters. The van der Waals surface area contributed by atoms with Crippen molar-refractivity contribution in [2.24, 2.45) is 0 Å². The second-order valence-corrected chi connectivity index (χ2v) is 10.8. The van der Waals surface area contributed by atoms with E-state index in [0.717, 1.165) is 68.1 Å². The normalized spacial score (nSPS) is 21.8. The van der Waals surface area contributed by atoms with Crippen molar-refractivity contribution in [3.8, 4) is 0 Å². The van der Waals surface area contributed by atoms with Crippen molar-refractivity contribution in [2.45, 2.75) is 63.8 Å². The first-order chi connectivity index (χ1) is 17.7. The van der Waals surface area contributed by atoms with Crippen molar-refractivity contribution in [2.75, 3.05) is 37.2 Å². The predicted octanol–water partition coefficient (Wildman–Crippen LogP) is 5.48. The highest BCUT2D eigenvalue weighted by molar-refractivity contribution is 5.91. The molecule has 196 valence electrons. The first-order valence-electron chi connectivity index (χ1n) is 13.2. The second-order valence-electron chi connectivity index (χ2n) is 10.8. The van der Waals surface area contributed by atoms with Crippen LogP contribution in [0.5, 0.6) is 0 Å². The molecule has 6 nitrogen and oxygen atoms in total. The fourth-order valence-electron chi connectivity index (χ4n) is 6.05. The molecule has 0 amide bonds. The maximum atomic E-state index is 13.4. The molecule has 6 rings (SSSR count). The van der Waals surface area contributed by atoms with Crippen LogP contribution in [0.2, 0.25) is 0 Å². The zero-order valence-corrected chi connectivity index (χ0v) is 21.3. The Labute approximate surface area is 215 Å². The van der Waals surface area contributed by atoms with Gasteiger partial charge in [0.2, 0.25) is 0 Å². The number of alkyl halides is 3. The van der Waals surface area contributed by atoms with E-state index in [-0.39, 0.29) is 5.69 Å². The maximum absolute atomic E-state index is 13.4. The van der Waals surface area contributed by atoms with Gasteiger partial charge in [0, 0.05) is 49.3 Å². The Hall–Kier alpha value is -2.91. The van der Waals surface area contributed by atoms with Gasteiger partial charge in [0.05, 0.1) is 17.1 Å². The van der Waals surface area contributed by atoms with E-state index in [1.807, 2.05) is 13.8 Å². The molecular formula is C28H33F3N6. The summed E-state index contributed by atoms with van der Waals surface area (Å²) in [6.07, 6.45) is 0.369. The fourth-order valence-corrected chi connectivity index (χ4v) is 6.05. The van der Waals surface area contributed by atoms with Crippen molar-refractivity contribution in [3.63, 3.8) is 0 Å². The molecule has 2 aliphatic carbocycles. The third-order valence-corrected chi connectivity index (χ3v) is 8.13.